The number of imide groups is 1. The molecule has 0 saturated carbocycles. The van der Waals surface area contributed by atoms with Gasteiger partial charge in [0.2, 0.25) is 5.95 Å². The zero-order valence-electron chi connectivity index (χ0n) is 13.2. The predicted molar refractivity (Wildman–Crippen MR) is 90.1 cm³/mol. The molecule has 0 aliphatic carbocycles. The molecule has 7 nitrogen and oxygen atoms in total. The van der Waals surface area contributed by atoms with Crippen LogP contribution in [0.25, 0.3) is 6.08 Å². The van der Waals surface area contributed by atoms with E-state index in [4.69, 9.17) is 0 Å². The quantitative estimate of drug-likeness (QED) is 0.836. The highest BCUT2D eigenvalue weighted by Gasteiger charge is 2.25. The highest BCUT2D eigenvalue weighted by molar-refractivity contribution is 8.18. The summed E-state index contributed by atoms with van der Waals surface area (Å²) in [7, 11) is 0. The van der Waals surface area contributed by atoms with Gasteiger partial charge in [0.15, 0.2) is 0 Å². The van der Waals surface area contributed by atoms with Crippen LogP contribution in [0.15, 0.2) is 17.2 Å². The predicted octanol–water partition coefficient (Wildman–Crippen LogP) is 1.33. The Morgan fingerprint density at radius 3 is 2.61 bits per heavy atom. The number of anilines is 1. The van der Waals surface area contributed by atoms with Crippen LogP contribution in [-0.4, -0.2) is 58.2 Å². The van der Waals surface area contributed by atoms with Gasteiger partial charge in [-0.2, -0.15) is 0 Å². The van der Waals surface area contributed by atoms with E-state index in [0.29, 0.717) is 22.6 Å². The number of thioether (sulfide) groups is 1. The van der Waals surface area contributed by atoms with Crippen LogP contribution in [0.2, 0.25) is 0 Å². The lowest BCUT2D eigenvalue weighted by Crippen LogP contribution is -2.49. The summed E-state index contributed by atoms with van der Waals surface area (Å²) in [6, 6.07) is 2.28. The molecule has 1 N–H and O–H groups in total. The third-order valence-electron chi connectivity index (χ3n) is 3.91. The number of rotatable bonds is 3. The van der Waals surface area contributed by atoms with E-state index in [1.54, 1.807) is 18.3 Å². The third kappa shape index (κ3) is 3.70. The second-order valence-electron chi connectivity index (χ2n) is 5.75. The zero-order valence-corrected chi connectivity index (χ0v) is 14.0. The van der Waals surface area contributed by atoms with Crippen molar-refractivity contribution in [1.29, 1.82) is 0 Å². The van der Waals surface area contributed by atoms with E-state index in [0.717, 1.165) is 37.9 Å². The summed E-state index contributed by atoms with van der Waals surface area (Å²) in [6.07, 6.45) is 3.31. The number of amides is 2. The van der Waals surface area contributed by atoms with E-state index < -0.39 is 0 Å². The van der Waals surface area contributed by atoms with Gasteiger partial charge in [-0.15, -0.1) is 0 Å². The largest absolute Gasteiger partial charge is 0.338 e. The van der Waals surface area contributed by atoms with Crippen molar-refractivity contribution in [2.75, 3.05) is 31.1 Å². The molecule has 2 saturated heterocycles. The Labute approximate surface area is 139 Å². The molecule has 3 heterocycles. The lowest BCUT2D eigenvalue weighted by atomic mass is 10.2. The van der Waals surface area contributed by atoms with E-state index in [1.807, 2.05) is 0 Å². The van der Waals surface area contributed by atoms with E-state index in [2.05, 4.69) is 38.9 Å². The van der Waals surface area contributed by atoms with Gasteiger partial charge in [0.05, 0.1) is 10.6 Å². The standard InChI is InChI=1S/C15H19N5O2S/c1-10(2)19-5-7-20(8-6-19)14-16-4-3-11(17-14)9-12-13(21)18-15(22)23-12/h3-4,9-10H,5-8H2,1-2H3,(H,18,21,22). The van der Waals surface area contributed by atoms with Crippen molar-refractivity contribution in [3.63, 3.8) is 0 Å². The minimum atomic E-state index is -0.370. The molecule has 0 spiro atoms. The van der Waals surface area contributed by atoms with Crippen molar-refractivity contribution in [2.24, 2.45) is 0 Å². The summed E-state index contributed by atoms with van der Waals surface area (Å²) in [5, 5.41) is 1.89. The van der Waals surface area contributed by atoms with Gasteiger partial charge < -0.3 is 4.90 Å². The Kier molecular flexibility index (Phi) is 4.63. The fourth-order valence-corrected chi connectivity index (χ4v) is 3.26. The van der Waals surface area contributed by atoms with Crippen molar-refractivity contribution in [3.05, 3.63) is 22.9 Å². The number of carbonyl (C=O) groups excluding carboxylic acids is 2. The van der Waals surface area contributed by atoms with Gasteiger partial charge in [0.1, 0.15) is 0 Å². The maximum atomic E-state index is 11.6. The molecular weight excluding hydrogens is 314 g/mol. The summed E-state index contributed by atoms with van der Waals surface area (Å²) in [5.74, 6) is 0.295. The number of hydrogen-bond acceptors (Lipinski definition) is 7. The first-order valence-corrected chi connectivity index (χ1v) is 8.41. The second kappa shape index (κ2) is 6.67. The summed E-state index contributed by atoms with van der Waals surface area (Å²) >= 11 is 0.894. The Morgan fingerprint density at radius 1 is 1.26 bits per heavy atom. The van der Waals surface area contributed by atoms with Gasteiger partial charge >= 0.3 is 0 Å². The molecule has 0 unspecified atom stereocenters. The third-order valence-corrected chi connectivity index (χ3v) is 4.72. The molecule has 2 amide bonds. The molecule has 0 atom stereocenters. The Morgan fingerprint density at radius 2 is 2.00 bits per heavy atom. The summed E-state index contributed by atoms with van der Waals surface area (Å²) in [6.45, 7) is 8.13. The maximum Gasteiger partial charge on any atom is 0.290 e. The minimum absolute atomic E-state index is 0.347. The van der Waals surface area contributed by atoms with E-state index >= 15 is 0 Å². The maximum absolute atomic E-state index is 11.6. The van der Waals surface area contributed by atoms with Crippen molar-refractivity contribution < 1.29 is 9.59 Å². The smallest absolute Gasteiger partial charge is 0.290 e. The van der Waals surface area contributed by atoms with E-state index in [1.165, 1.54) is 0 Å². The van der Waals surface area contributed by atoms with Crippen LogP contribution in [0.5, 0.6) is 0 Å². The summed E-state index contributed by atoms with van der Waals surface area (Å²) in [5.41, 5.74) is 0.633. The topological polar surface area (TPSA) is 78.4 Å². The highest BCUT2D eigenvalue weighted by Crippen LogP contribution is 2.25. The van der Waals surface area contributed by atoms with Crippen LogP contribution in [-0.2, 0) is 4.79 Å². The molecule has 0 aromatic carbocycles. The van der Waals surface area contributed by atoms with Crippen LogP contribution >= 0.6 is 11.8 Å². The minimum Gasteiger partial charge on any atom is -0.338 e. The van der Waals surface area contributed by atoms with Crippen molar-refractivity contribution in [1.82, 2.24) is 20.2 Å². The van der Waals surface area contributed by atoms with E-state index in [9.17, 15) is 9.59 Å². The fraction of sp³-hybridized carbons (Fsp3) is 0.467. The van der Waals surface area contributed by atoms with Crippen LogP contribution in [0.3, 0.4) is 0 Å². The number of carbonyl (C=O) groups is 2. The molecule has 0 radical (unpaired) electrons. The average molecular weight is 333 g/mol. The normalized spacial score (nSPS) is 21.3. The van der Waals surface area contributed by atoms with Gasteiger partial charge in [-0.3, -0.25) is 19.8 Å². The van der Waals surface area contributed by atoms with Gasteiger partial charge in [-0.25, -0.2) is 9.97 Å². The number of nitrogens with zero attached hydrogens (tertiary/aromatic N) is 4. The number of piperazine rings is 1. The first kappa shape index (κ1) is 15.9. The Hall–Kier alpha value is -1.93. The summed E-state index contributed by atoms with van der Waals surface area (Å²) < 4.78 is 0. The number of aromatic nitrogens is 2. The van der Waals surface area contributed by atoms with Crippen LogP contribution in [0.1, 0.15) is 19.5 Å². The van der Waals surface area contributed by atoms with Crippen molar-refractivity contribution >= 4 is 34.9 Å². The molecule has 2 aliphatic heterocycles. The molecule has 2 aliphatic rings. The van der Waals surface area contributed by atoms with Gasteiger partial charge in [0.25, 0.3) is 11.1 Å². The molecule has 1 aromatic rings. The molecule has 3 rings (SSSR count). The van der Waals surface area contributed by atoms with Crippen LogP contribution < -0.4 is 10.2 Å². The molecule has 23 heavy (non-hydrogen) atoms. The first-order chi connectivity index (χ1) is 11.0. The van der Waals surface area contributed by atoms with Crippen molar-refractivity contribution in [2.45, 2.75) is 19.9 Å². The average Bonchev–Trinajstić information content (AvgIpc) is 2.85. The van der Waals surface area contributed by atoms with Gasteiger partial charge in [0, 0.05) is 38.4 Å². The first-order valence-electron chi connectivity index (χ1n) is 7.60. The van der Waals surface area contributed by atoms with E-state index in [-0.39, 0.29) is 11.1 Å². The number of hydrogen-bond donors (Lipinski definition) is 1. The fourth-order valence-electron chi connectivity index (χ4n) is 2.59. The lowest BCUT2D eigenvalue weighted by Gasteiger charge is -2.36. The number of nitrogens with one attached hydrogen (secondary N) is 1. The molecule has 2 fully saturated rings. The second-order valence-corrected chi connectivity index (χ2v) is 6.77. The summed E-state index contributed by atoms with van der Waals surface area (Å²) in [4.78, 5) is 36.6. The molecule has 1 aromatic heterocycles. The van der Waals surface area contributed by atoms with Crippen LogP contribution in [0.4, 0.5) is 10.7 Å². The van der Waals surface area contributed by atoms with Gasteiger partial charge in [-0.1, -0.05) is 0 Å². The lowest BCUT2D eigenvalue weighted by molar-refractivity contribution is -0.115. The highest BCUT2D eigenvalue weighted by atomic mass is 32.2. The molecule has 0 bridgehead atoms. The zero-order chi connectivity index (χ0) is 16.4. The molecule has 8 heteroatoms. The van der Waals surface area contributed by atoms with Crippen LogP contribution in [0, 0.1) is 0 Å². The molecule has 122 valence electrons. The van der Waals surface area contributed by atoms with Gasteiger partial charge in [-0.05, 0) is 37.8 Å². The Balaban J connectivity index is 1.72. The Bertz CT molecular complexity index is 653. The SMILES string of the molecule is CC(C)N1CCN(c2nccc(C=C3SC(=O)NC3=O)n2)CC1. The van der Waals surface area contributed by atoms with Crippen molar-refractivity contribution in [3.8, 4) is 0 Å². The monoisotopic (exact) mass is 333 g/mol. The molecular formula is C15H19N5O2S.